The number of anilines is 1. The van der Waals surface area contributed by atoms with Gasteiger partial charge in [-0.15, -0.1) is 0 Å². The van der Waals surface area contributed by atoms with Crippen molar-refractivity contribution in [1.82, 2.24) is 0 Å². The highest BCUT2D eigenvalue weighted by molar-refractivity contribution is 6.03. The Morgan fingerprint density at radius 3 is 2.67 bits per heavy atom. The first kappa shape index (κ1) is 12.3. The second-order valence-electron chi connectivity index (χ2n) is 4.30. The van der Waals surface area contributed by atoms with Crippen LogP contribution in [0.5, 0.6) is 0 Å². The topological polar surface area (TPSA) is 99.3 Å². The van der Waals surface area contributed by atoms with Crippen LogP contribution in [0.4, 0.5) is 5.69 Å². The van der Waals surface area contributed by atoms with Crippen LogP contribution in [0.3, 0.4) is 0 Å². The average Bonchev–Trinajstić information content (AvgIpc) is 2.27. The molecule has 0 radical (unpaired) electrons. The molecule has 0 saturated heterocycles. The minimum Gasteiger partial charge on any atom is -0.422 e. The average molecular weight is 246 g/mol. The van der Waals surface area contributed by atoms with Gasteiger partial charge >= 0.3 is 5.63 Å². The standard InChI is InChI=1S/C13H14N2O3/c1-6-9-4-3-8(15)5-10(9)18-13(17)11(6)12(16)7(2)14/h3-5,7H,14-15H2,1-2H3/t7-/m0/s1. The van der Waals surface area contributed by atoms with Crippen molar-refractivity contribution < 1.29 is 9.21 Å². The highest BCUT2D eigenvalue weighted by atomic mass is 16.4. The van der Waals surface area contributed by atoms with Gasteiger partial charge in [0.25, 0.3) is 0 Å². The maximum Gasteiger partial charge on any atom is 0.347 e. The maximum atomic E-state index is 11.9. The molecular formula is C13H14N2O3. The summed E-state index contributed by atoms with van der Waals surface area (Å²) >= 11 is 0. The summed E-state index contributed by atoms with van der Waals surface area (Å²) in [6.45, 7) is 3.24. The summed E-state index contributed by atoms with van der Waals surface area (Å²) in [4.78, 5) is 23.7. The smallest absolute Gasteiger partial charge is 0.347 e. The predicted molar refractivity (Wildman–Crippen MR) is 69.6 cm³/mol. The van der Waals surface area contributed by atoms with Crippen molar-refractivity contribution in [2.75, 3.05) is 5.73 Å². The van der Waals surface area contributed by atoms with Crippen LogP contribution in [0.15, 0.2) is 27.4 Å². The molecule has 2 aromatic rings. The monoisotopic (exact) mass is 246 g/mol. The number of carbonyl (C=O) groups is 1. The lowest BCUT2D eigenvalue weighted by Gasteiger charge is -2.09. The third kappa shape index (κ3) is 1.89. The quantitative estimate of drug-likeness (QED) is 0.471. The lowest BCUT2D eigenvalue weighted by Crippen LogP contribution is -2.31. The van der Waals surface area contributed by atoms with Crippen molar-refractivity contribution in [3.63, 3.8) is 0 Å². The van der Waals surface area contributed by atoms with Gasteiger partial charge < -0.3 is 15.9 Å². The highest BCUT2D eigenvalue weighted by Gasteiger charge is 2.20. The zero-order valence-corrected chi connectivity index (χ0v) is 10.2. The first-order valence-corrected chi connectivity index (χ1v) is 5.54. The van der Waals surface area contributed by atoms with Crippen LogP contribution in [-0.2, 0) is 0 Å². The van der Waals surface area contributed by atoms with Gasteiger partial charge in [-0.05, 0) is 31.5 Å². The first-order valence-electron chi connectivity index (χ1n) is 5.54. The number of hydrogen-bond acceptors (Lipinski definition) is 5. The maximum absolute atomic E-state index is 11.9. The zero-order valence-electron chi connectivity index (χ0n) is 10.2. The van der Waals surface area contributed by atoms with Crippen LogP contribution in [0.1, 0.15) is 22.8 Å². The molecule has 2 rings (SSSR count). The van der Waals surface area contributed by atoms with Gasteiger partial charge in [0, 0.05) is 17.1 Å². The molecule has 4 N–H and O–H groups in total. The normalized spacial score (nSPS) is 12.6. The fraction of sp³-hybridized carbons (Fsp3) is 0.231. The van der Waals surface area contributed by atoms with Gasteiger partial charge in [-0.3, -0.25) is 4.79 Å². The molecule has 0 aliphatic rings. The molecule has 0 spiro atoms. The second kappa shape index (κ2) is 4.27. The number of rotatable bonds is 2. The van der Waals surface area contributed by atoms with Gasteiger partial charge in [-0.1, -0.05) is 0 Å². The number of fused-ring (bicyclic) bond motifs is 1. The largest absolute Gasteiger partial charge is 0.422 e. The SMILES string of the molecule is Cc1c(C(=O)[C@H](C)N)c(=O)oc2cc(N)ccc12. The van der Waals surface area contributed by atoms with Gasteiger partial charge in [0.15, 0.2) is 5.78 Å². The summed E-state index contributed by atoms with van der Waals surface area (Å²) < 4.78 is 5.11. The van der Waals surface area contributed by atoms with E-state index in [4.69, 9.17) is 15.9 Å². The molecule has 94 valence electrons. The molecule has 1 heterocycles. The molecular weight excluding hydrogens is 232 g/mol. The van der Waals surface area contributed by atoms with Crippen molar-refractivity contribution in [2.24, 2.45) is 5.73 Å². The van der Waals surface area contributed by atoms with E-state index >= 15 is 0 Å². The van der Waals surface area contributed by atoms with E-state index in [2.05, 4.69) is 0 Å². The number of benzene rings is 1. The number of hydrogen-bond donors (Lipinski definition) is 2. The fourth-order valence-corrected chi connectivity index (χ4v) is 1.88. The third-order valence-electron chi connectivity index (χ3n) is 2.85. The van der Waals surface area contributed by atoms with Gasteiger partial charge in [-0.2, -0.15) is 0 Å². The van der Waals surface area contributed by atoms with Crippen LogP contribution >= 0.6 is 0 Å². The molecule has 0 aliphatic carbocycles. The Labute approximate surface area is 103 Å². The summed E-state index contributed by atoms with van der Waals surface area (Å²) in [5.41, 5.74) is 11.9. The number of ketones is 1. The van der Waals surface area contributed by atoms with Crippen molar-refractivity contribution in [3.8, 4) is 0 Å². The molecule has 5 nitrogen and oxygen atoms in total. The highest BCUT2D eigenvalue weighted by Crippen LogP contribution is 2.22. The van der Waals surface area contributed by atoms with Gasteiger partial charge in [-0.25, -0.2) is 4.79 Å². The van der Waals surface area contributed by atoms with Gasteiger partial charge in [0.2, 0.25) is 0 Å². The summed E-state index contributed by atoms with van der Waals surface area (Å²) in [5, 5.41) is 0.688. The summed E-state index contributed by atoms with van der Waals surface area (Å²) in [6.07, 6.45) is 0. The van der Waals surface area contributed by atoms with E-state index in [1.54, 1.807) is 25.1 Å². The summed E-state index contributed by atoms with van der Waals surface area (Å²) in [7, 11) is 0. The van der Waals surface area contributed by atoms with E-state index < -0.39 is 17.5 Å². The lowest BCUT2D eigenvalue weighted by atomic mass is 10.00. The Kier molecular flexibility index (Phi) is 2.92. The molecule has 1 aromatic carbocycles. The van der Waals surface area contributed by atoms with Crippen LogP contribution in [0.2, 0.25) is 0 Å². The van der Waals surface area contributed by atoms with E-state index in [1.165, 1.54) is 6.92 Å². The molecule has 0 bridgehead atoms. The summed E-state index contributed by atoms with van der Waals surface area (Å²) in [6, 6.07) is 4.23. The Hall–Kier alpha value is -2.14. The van der Waals surface area contributed by atoms with Crippen molar-refractivity contribution in [3.05, 3.63) is 39.7 Å². The fourth-order valence-electron chi connectivity index (χ4n) is 1.88. The lowest BCUT2D eigenvalue weighted by molar-refractivity contribution is 0.0964. The summed E-state index contributed by atoms with van der Waals surface area (Å²) in [5.74, 6) is -0.417. The van der Waals surface area contributed by atoms with Crippen molar-refractivity contribution in [2.45, 2.75) is 19.9 Å². The molecule has 0 unspecified atom stereocenters. The van der Waals surface area contributed by atoms with Crippen LogP contribution in [-0.4, -0.2) is 11.8 Å². The molecule has 0 saturated carbocycles. The number of nitrogens with two attached hydrogens (primary N) is 2. The van der Waals surface area contributed by atoms with E-state index in [-0.39, 0.29) is 5.56 Å². The predicted octanol–water partition coefficient (Wildman–Crippen LogP) is 1.21. The van der Waals surface area contributed by atoms with Crippen molar-refractivity contribution >= 4 is 22.4 Å². The molecule has 0 aliphatic heterocycles. The molecule has 0 fully saturated rings. The first-order chi connectivity index (χ1) is 8.41. The van der Waals surface area contributed by atoms with Crippen molar-refractivity contribution in [1.29, 1.82) is 0 Å². The molecule has 0 amide bonds. The number of aryl methyl sites for hydroxylation is 1. The number of carbonyl (C=O) groups excluding carboxylic acids is 1. The molecule has 1 aromatic heterocycles. The third-order valence-corrected chi connectivity index (χ3v) is 2.85. The molecule has 18 heavy (non-hydrogen) atoms. The van der Waals surface area contributed by atoms with E-state index in [1.807, 2.05) is 0 Å². The Morgan fingerprint density at radius 2 is 2.06 bits per heavy atom. The van der Waals surface area contributed by atoms with Crippen LogP contribution in [0.25, 0.3) is 11.0 Å². The van der Waals surface area contributed by atoms with E-state index in [0.29, 0.717) is 22.2 Å². The van der Waals surface area contributed by atoms with Gasteiger partial charge in [0.1, 0.15) is 11.1 Å². The van der Waals surface area contributed by atoms with Crippen LogP contribution in [0, 0.1) is 6.92 Å². The Bertz CT molecular complexity index is 686. The Morgan fingerprint density at radius 1 is 1.39 bits per heavy atom. The second-order valence-corrected chi connectivity index (χ2v) is 4.30. The molecule has 5 heteroatoms. The van der Waals surface area contributed by atoms with Crippen LogP contribution < -0.4 is 17.1 Å². The van der Waals surface area contributed by atoms with E-state index in [0.717, 1.165) is 0 Å². The van der Waals surface area contributed by atoms with E-state index in [9.17, 15) is 9.59 Å². The Balaban J connectivity index is 2.81. The minimum absolute atomic E-state index is 0.0160. The molecule has 1 atom stereocenters. The van der Waals surface area contributed by atoms with Gasteiger partial charge in [0.05, 0.1) is 6.04 Å². The number of nitrogen functional groups attached to an aromatic ring is 1. The number of Topliss-reactive ketones (excluding diaryl/α,β-unsaturated/α-hetero) is 1. The zero-order chi connectivity index (χ0) is 13.4. The minimum atomic E-state index is -0.738.